The highest BCUT2D eigenvalue weighted by Crippen LogP contribution is 2.22. The molecule has 4 heterocycles. The molecule has 3 saturated heterocycles. The number of rotatable bonds is 4. The first kappa shape index (κ1) is 19.5. The summed E-state index contributed by atoms with van der Waals surface area (Å²) in [7, 11) is 0. The molecule has 0 N–H and O–H groups in total. The lowest BCUT2D eigenvalue weighted by Crippen LogP contribution is -2.54. The Kier molecular flexibility index (Phi) is 6.36. The van der Waals surface area contributed by atoms with Crippen molar-refractivity contribution in [2.75, 3.05) is 68.8 Å². The van der Waals surface area contributed by atoms with E-state index in [4.69, 9.17) is 0 Å². The predicted octanol–water partition coefficient (Wildman–Crippen LogP) is 0.770. The minimum atomic E-state index is -0.109. The molecule has 3 aliphatic rings. The summed E-state index contributed by atoms with van der Waals surface area (Å²) < 4.78 is 0. The maximum atomic E-state index is 12.9. The summed E-state index contributed by atoms with van der Waals surface area (Å²) in [5.74, 6) is 3.40. The molecule has 28 heavy (non-hydrogen) atoms. The molecular formula is C20H29N5O2S. The molecular weight excluding hydrogens is 374 g/mol. The Hall–Kier alpha value is -1.80. The summed E-state index contributed by atoms with van der Waals surface area (Å²) in [6.07, 6.45) is 3.68. The van der Waals surface area contributed by atoms with E-state index in [0.29, 0.717) is 19.6 Å². The van der Waals surface area contributed by atoms with E-state index in [1.165, 1.54) is 0 Å². The molecule has 8 heteroatoms. The number of carbonyl (C=O) groups is 2. The fourth-order valence-electron chi connectivity index (χ4n) is 4.29. The molecule has 1 unspecified atom stereocenters. The van der Waals surface area contributed by atoms with Crippen LogP contribution in [0.25, 0.3) is 0 Å². The van der Waals surface area contributed by atoms with Gasteiger partial charge in [0.15, 0.2) is 0 Å². The minimum absolute atomic E-state index is 0.109. The topological polar surface area (TPSA) is 60.0 Å². The number of aromatic nitrogens is 1. The molecule has 4 rings (SSSR count). The molecule has 3 aliphatic heterocycles. The Balaban J connectivity index is 1.29. The van der Waals surface area contributed by atoms with Crippen molar-refractivity contribution < 1.29 is 9.59 Å². The van der Waals surface area contributed by atoms with Gasteiger partial charge in [-0.15, -0.1) is 0 Å². The van der Waals surface area contributed by atoms with Crippen molar-refractivity contribution in [2.45, 2.75) is 18.9 Å². The van der Waals surface area contributed by atoms with Gasteiger partial charge in [0.05, 0.1) is 12.6 Å². The molecule has 1 atom stereocenters. The highest BCUT2D eigenvalue weighted by molar-refractivity contribution is 7.99. The smallest absolute Gasteiger partial charge is 0.239 e. The van der Waals surface area contributed by atoms with Gasteiger partial charge in [-0.2, -0.15) is 11.8 Å². The second-order valence-electron chi connectivity index (χ2n) is 7.62. The number of hydrogen-bond donors (Lipinski definition) is 0. The molecule has 3 fully saturated rings. The third-order valence-corrected chi connectivity index (χ3v) is 6.86. The zero-order valence-corrected chi connectivity index (χ0v) is 17.1. The number of anilines is 1. The number of hydrogen-bond acceptors (Lipinski definition) is 6. The summed E-state index contributed by atoms with van der Waals surface area (Å²) in [5.41, 5.74) is 0. The van der Waals surface area contributed by atoms with Crippen molar-refractivity contribution in [2.24, 2.45) is 0 Å². The molecule has 1 aromatic heterocycles. The van der Waals surface area contributed by atoms with Crippen LogP contribution in [0.15, 0.2) is 24.4 Å². The number of piperazine rings is 1. The van der Waals surface area contributed by atoms with E-state index in [0.717, 1.165) is 62.9 Å². The lowest BCUT2D eigenvalue weighted by Gasteiger charge is -2.37. The van der Waals surface area contributed by atoms with Gasteiger partial charge in [-0.3, -0.25) is 14.5 Å². The van der Waals surface area contributed by atoms with Crippen molar-refractivity contribution in [1.82, 2.24) is 19.7 Å². The van der Waals surface area contributed by atoms with E-state index >= 15 is 0 Å². The summed E-state index contributed by atoms with van der Waals surface area (Å²) in [6, 6.07) is 5.81. The number of likely N-dealkylation sites (tertiary alicyclic amines) is 1. The van der Waals surface area contributed by atoms with Crippen LogP contribution in [-0.2, 0) is 9.59 Å². The molecule has 7 nitrogen and oxygen atoms in total. The molecule has 0 bridgehead atoms. The molecule has 2 amide bonds. The normalized spacial score (nSPS) is 23.9. The van der Waals surface area contributed by atoms with Crippen LogP contribution in [0.4, 0.5) is 5.82 Å². The van der Waals surface area contributed by atoms with E-state index < -0.39 is 0 Å². The van der Waals surface area contributed by atoms with Crippen LogP contribution in [-0.4, -0.2) is 101 Å². The van der Waals surface area contributed by atoms with E-state index in [9.17, 15) is 9.59 Å². The molecule has 1 aromatic rings. The highest BCUT2D eigenvalue weighted by Gasteiger charge is 2.36. The summed E-state index contributed by atoms with van der Waals surface area (Å²) in [4.78, 5) is 38.4. The number of nitrogens with zero attached hydrogens (tertiary/aromatic N) is 5. The first-order chi connectivity index (χ1) is 13.7. The van der Waals surface area contributed by atoms with Gasteiger partial charge in [0.25, 0.3) is 0 Å². The van der Waals surface area contributed by atoms with Crippen LogP contribution in [0.3, 0.4) is 0 Å². The molecule has 0 spiro atoms. The zero-order chi connectivity index (χ0) is 19.3. The first-order valence-electron chi connectivity index (χ1n) is 10.3. The van der Waals surface area contributed by atoms with Gasteiger partial charge in [-0.25, -0.2) is 4.98 Å². The molecule has 0 radical (unpaired) electrons. The van der Waals surface area contributed by atoms with E-state index in [-0.39, 0.29) is 17.9 Å². The summed E-state index contributed by atoms with van der Waals surface area (Å²) >= 11 is 1.91. The SMILES string of the molecule is O=C(CN1CCCC1C(=O)N1CCSCC1)N1CCN(c2ccccn2)CC1. The van der Waals surface area contributed by atoms with Crippen LogP contribution >= 0.6 is 11.8 Å². The van der Waals surface area contributed by atoms with Gasteiger partial charge >= 0.3 is 0 Å². The van der Waals surface area contributed by atoms with E-state index in [1.807, 2.05) is 39.8 Å². The van der Waals surface area contributed by atoms with Gasteiger partial charge in [-0.05, 0) is 31.5 Å². The number of carbonyl (C=O) groups excluding carboxylic acids is 2. The third-order valence-electron chi connectivity index (χ3n) is 5.92. The Morgan fingerprint density at radius 2 is 1.79 bits per heavy atom. The van der Waals surface area contributed by atoms with E-state index in [2.05, 4.69) is 14.8 Å². The maximum absolute atomic E-state index is 12.9. The van der Waals surface area contributed by atoms with Crippen LogP contribution in [0.2, 0.25) is 0 Å². The quantitative estimate of drug-likeness (QED) is 0.740. The van der Waals surface area contributed by atoms with Crippen LogP contribution in [0, 0.1) is 0 Å². The van der Waals surface area contributed by atoms with Gasteiger partial charge in [0, 0.05) is 57.0 Å². The minimum Gasteiger partial charge on any atom is -0.353 e. The largest absolute Gasteiger partial charge is 0.353 e. The highest BCUT2D eigenvalue weighted by atomic mass is 32.2. The lowest BCUT2D eigenvalue weighted by atomic mass is 10.2. The molecule has 0 aliphatic carbocycles. The fraction of sp³-hybridized carbons (Fsp3) is 0.650. The lowest BCUT2D eigenvalue weighted by molar-refractivity contribution is -0.138. The van der Waals surface area contributed by atoms with Gasteiger partial charge < -0.3 is 14.7 Å². The Morgan fingerprint density at radius 1 is 1.00 bits per heavy atom. The van der Waals surface area contributed by atoms with Crippen molar-refractivity contribution in [1.29, 1.82) is 0 Å². The van der Waals surface area contributed by atoms with Crippen LogP contribution < -0.4 is 4.90 Å². The van der Waals surface area contributed by atoms with Crippen LogP contribution in [0.5, 0.6) is 0 Å². The van der Waals surface area contributed by atoms with Crippen molar-refractivity contribution >= 4 is 29.4 Å². The van der Waals surface area contributed by atoms with Crippen molar-refractivity contribution in [3.63, 3.8) is 0 Å². The monoisotopic (exact) mass is 403 g/mol. The standard InChI is InChI=1S/C20H29N5O2S/c26-19(23-10-8-22(9-11-23)18-5-1-2-6-21-18)16-25-7-3-4-17(25)20(27)24-12-14-28-15-13-24/h1-2,5-6,17H,3-4,7-16H2. The second kappa shape index (κ2) is 9.13. The number of thioether (sulfide) groups is 1. The number of amides is 2. The average molecular weight is 404 g/mol. The average Bonchev–Trinajstić information content (AvgIpc) is 3.22. The zero-order valence-electron chi connectivity index (χ0n) is 16.3. The van der Waals surface area contributed by atoms with Crippen molar-refractivity contribution in [3.05, 3.63) is 24.4 Å². The third kappa shape index (κ3) is 4.43. The maximum Gasteiger partial charge on any atom is 0.239 e. The molecule has 0 aromatic carbocycles. The van der Waals surface area contributed by atoms with Gasteiger partial charge in [-0.1, -0.05) is 6.07 Å². The Morgan fingerprint density at radius 3 is 2.50 bits per heavy atom. The number of pyridine rings is 1. The van der Waals surface area contributed by atoms with Crippen LogP contribution in [0.1, 0.15) is 12.8 Å². The van der Waals surface area contributed by atoms with Crippen molar-refractivity contribution in [3.8, 4) is 0 Å². The molecule has 0 saturated carbocycles. The predicted molar refractivity (Wildman–Crippen MR) is 112 cm³/mol. The van der Waals surface area contributed by atoms with E-state index in [1.54, 1.807) is 6.20 Å². The molecule has 152 valence electrons. The van der Waals surface area contributed by atoms with Gasteiger partial charge in [0.1, 0.15) is 5.82 Å². The Labute approximate surface area is 171 Å². The Bertz CT molecular complexity index is 674. The first-order valence-corrected chi connectivity index (χ1v) is 11.4. The summed E-state index contributed by atoms with van der Waals surface area (Å²) in [6.45, 7) is 5.93. The fourth-order valence-corrected chi connectivity index (χ4v) is 5.19. The summed E-state index contributed by atoms with van der Waals surface area (Å²) in [5, 5.41) is 0. The second-order valence-corrected chi connectivity index (χ2v) is 8.85. The van der Waals surface area contributed by atoms with Gasteiger partial charge in [0.2, 0.25) is 11.8 Å².